The van der Waals surface area contributed by atoms with Gasteiger partial charge in [-0.25, -0.2) is 0 Å². The molecule has 1 heterocycles. The van der Waals surface area contributed by atoms with Crippen molar-refractivity contribution in [1.29, 1.82) is 0 Å². The third kappa shape index (κ3) is 5.77. The lowest BCUT2D eigenvalue weighted by atomic mass is 9.95. The van der Waals surface area contributed by atoms with Crippen molar-refractivity contribution in [3.63, 3.8) is 0 Å². The molecule has 0 radical (unpaired) electrons. The van der Waals surface area contributed by atoms with Gasteiger partial charge < -0.3 is 15.0 Å². The number of carbonyl (C=O) groups excluding carboxylic acids is 1. The molecule has 1 aliphatic heterocycles. The number of nitrogens with one attached hydrogen (secondary N) is 1. The van der Waals surface area contributed by atoms with Gasteiger partial charge in [-0.05, 0) is 72.1 Å². The second-order valence-corrected chi connectivity index (χ2v) is 9.88. The molecule has 0 bridgehead atoms. The van der Waals surface area contributed by atoms with Gasteiger partial charge in [-0.2, -0.15) is 13.2 Å². The Kier molecular flexibility index (Phi) is 7.08. The van der Waals surface area contributed by atoms with E-state index >= 15 is 0 Å². The third-order valence-corrected chi connectivity index (χ3v) is 7.32. The highest BCUT2D eigenvalue weighted by Crippen LogP contribution is 2.32. The summed E-state index contributed by atoms with van der Waals surface area (Å²) in [4.78, 5) is 14.9. The summed E-state index contributed by atoms with van der Waals surface area (Å²) < 4.78 is 44.7. The van der Waals surface area contributed by atoms with Crippen LogP contribution in [0.15, 0.2) is 60.7 Å². The average Bonchev–Trinajstić information content (AvgIpc) is 2.89. The summed E-state index contributed by atoms with van der Waals surface area (Å²) >= 11 is 0. The Morgan fingerprint density at radius 2 is 1.53 bits per heavy atom. The number of rotatable bonds is 5. The monoisotopic (exact) mass is 496 g/mol. The summed E-state index contributed by atoms with van der Waals surface area (Å²) in [5, 5.41) is 5.19. The predicted octanol–water partition coefficient (Wildman–Crippen LogP) is 6.97. The highest BCUT2D eigenvalue weighted by atomic mass is 19.4. The van der Waals surface area contributed by atoms with Crippen molar-refractivity contribution in [3.8, 4) is 5.75 Å². The first-order chi connectivity index (χ1) is 17.3. The maximum absolute atomic E-state index is 12.8. The molecule has 1 aliphatic carbocycles. The lowest BCUT2D eigenvalue weighted by Crippen LogP contribution is -2.38. The smallest absolute Gasteiger partial charge is 0.416 e. The van der Waals surface area contributed by atoms with Crippen LogP contribution < -0.4 is 15.0 Å². The van der Waals surface area contributed by atoms with E-state index in [1.807, 2.05) is 36.4 Å². The van der Waals surface area contributed by atoms with Gasteiger partial charge in [0.25, 0.3) is 5.91 Å². The Balaban J connectivity index is 1.19. The van der Waals surface area contributed by atoms with Gasteiger partial charge in [0, 0.05) is 43.2 Å². The number of hydrogen-bond donors (Lipinski definition) is 1. The van der Waals surface area contributed by atoms with E-state index in [4.69, 9.17) is 4.74 Å². The minimum absolute atomic E-state index is 0.0224. The zero-order chi connectivity index (χ0) is 25.1. The number of halogens is 3. The summed E-state index contributed by atoms with van der Waals surface area (Å²) in [7, 11) is 0. The molecule has 1 saturated heterocycles. The van der Waals surface area contributed by atoms with Crippen molar-refractivity contribution < 1.29 is 22.7 Å². The van der Waals surface area contributed by atoms with Crippen LogP contribution in [0.2, 0.25) is 0 Å². The number of carbonyl (C=O) groups is 1. The van der Waals surface area contributed by atoms with Crippen LogP contribution in [0.5, 0.6) is 5.75 Å². The van der Waals surface area contributed by atoms with Crippen LogP contribution >= 0.6 is 0 Å². The molecule has 5 rings (SSSR count). The number of anilines is 1. The van der Waals surface area contributed by atoms with Crippen LogP contribution in [-0.4, -0.2) is 31.1 Å². The van der Waals surface area contributed by atoms with Crippen LogP contribution in [-0.2, 0) is 6.18 Å². The molecule has 7 heteroatoms. The lowest BCUT2D eigenvalue weighted by Gasteiger charge is -2.34. The summed E-state index contributed by atoms with van der Waals surface area (Å²) in [6.45, 7) is 1.43. The molecule has 0 aromatic heterocycles. The normalized spacial score (nSPS) is 17.8. The Morgan fingerprint density at radius 3 is 2.22 bits per heavy atom. The van der Waals surface area contributed by atoms with Crippen molar-refractivity contribution in [1.82, 2.24) is 5.32 Å². The Morgan fingerprint density at radius 1 is 0.833 bits per heavy atom. The zero-order valence-corrected chi connectivity index (χ0v) is 20.2. The van der Waals surface area contributed by atoms with E-state index in [0.29, 0.717) is 5.56 Å². The summed E-state index contributed by atoms with van der Waals surface area (Å²) in [6, 6.07) is 17.3. The summed E-state index contributed by atoms with van der Waals surface area (Å²) in [5.41, 5.74) is 0.830. The predicted molar refractivity (Wildman–Crippen MR) is 136 cm³/mol. The molecule has 0 atom stereocenters. The van der Waals surface area contributed by atoms with E-state index in [1.165, 1.54) is 31.4 Å². The molecule has 1 amide bonds. The maximum Gasteiger partial charge on any atom is 0.416 e. The van der Waals surface area contributed by atoms with Gasteiger partial charge in [-0.1, -0.05) is 31.4 Å². The van der Waals surface area contributed by atoms with Gasteiger partial charge in [0.1, 0.15) is 11.9 Å². The van der Waals surface area contributed by atoms with E-state index in [-0.39, 0.29) is 18.1 Å². The Hall–Kier alpha value is -3.22. The fraction of sp³-hybridized carbons (Fsp3) is 0.414. The molecule has 2 fully saturated rings. The molecular weight excluding hydrogens is 465 g/mol. The van der Waals surface area contributed by atoms with Crippen LogP contribution in [0.4, 0.5) is 18.9 Å². The quantitative estimate of drug-likeness (QED) is 0.415. The van der Waals surface area contributed by atoms with Gasteiger partial charge in [0.2, 0.25) is 0 Å². The number of benzene rings is 3. The number of amides is 1. The van der Waals surface area contributed by atoms with Crippen molar-refractivity contribution >= 4 is 22.4 Å². The number of hydrogen-bond acceptors (Lipinski definition) is 3. The number of ether oxygens (including phenoxy) is 1. The lowest BCUT2D eigenvalue weighted by molar-refractivity contribution is -0.137. The minimum Gasteiger partial charge on any atom is -0.490 e. The Labute approximate surface area is 209 Å². The number of fused-ring (bicyclic) bond motifs is 1. The molecule has 0 spiro atoms. The fourth-order valence-electron chi connectivity index (χ4n) is 5.24. The first-order valence-corrected chi connectivity index (χ1v) is 12.8. The number of nitrogens with zero attached hydrogens (tertiary/aromatic N) is 1. The first-order valence-electron chi connectivity index (χ1n) is 12.8. The van der Waals surface area contributed by atoms with Gasteiger partial charge in [-0.15, -0.1) is 0 Å². The minimum atomic E-state index is -4.32. The fourth-order valence-corrected chi connectivity index (χ4v) is 5.24. The molecule has 1 N–H and O–H groups in total. The van der Waals surface area contributed by atoms with E-state index in [9.17, 15) is 18.0 Å². The standard InChI is InChI=1S/C29H31F3N2O2/c30-29(31,32)23-9-11-25(12-10-23)34-16-14-26(15-17-34)36-27-13-8-20-6-7-21(18-22(20)19-27)28(35)33-24-4-2-1-3-5-24/h6-13,18-19,24,26H,1-5,14-17H2,(H,33,35). The molecule has 0 unspecified atom stereocenters. The van der Waals surface area contributed by atoms with Gasteiger partial charge in [-0.3, -0.25) is 4.79 Å². The molecule has 1 saturated carbocycles. The second kappa shape index (κ2) is 10.4. The van der Waals surface area contributed by atoms with Gasteiger partial charge >= 0.3 is 6.18 Å². The largest absolute Gasteiger partial charge is 0.490 e. The van der Waals surface area contributed by atoms with Crippen molar-refractivity contribution in [2.75, 3.05) is 18.0 Å². The third-order valence-electron chi connectivity index (χ3n) is 7.32. The highest BCUT2D eigenvalue weighted by molar-refractivity contribution is 5.99. The summed E-state index contributed by atoms with van der Waals surface area (Å²) in [6.07, 6.45) is 2.97. The van der Waals surface area contributed by atoms with Crippen molar-refractivity contribution in [3.05, 3.63) is 71.8 Å². The maximum atomic E-state index is 12.8. The SMILES string of the molecule is O=C(NC1CCCCC1)c1ccc2ccc(OC3CCN(c4ccc(C(F)(F)F)cc4)CC3)cc2c1. The first kappa shape index (κ1) is 24.5. The molecule has 36 heavy (non-hydrogen) atoms. The van der Waals surface area contributed by atoms with Crippen molar-refractivity contribution in [2.24, 2.45) is 0 Å². The molecule has 4 nitrogen and oxygen atoms in total. The van der Waals surface area contributed by atoms with Gasteiger partial charge in [0.05, 0.1) is 5.56 Å². The van der Waals surface area contributed by atoms with Crippen LogP contribution in [0.1, 0.15) is 60.9 Å². The average molecular weight is 497 g/mol. The van der Waals surface area contributed by atoms with Crippen LogP contribution in [0.3, 0.4) is 0 Å². The number of alkyl halides is 3. The molecular formula is C29H31F3N2O2. The zero-order valence-electron chi connectivity index (χ0n) is 20.2. The molecule has 190 valence electrons. The van der Waals surface area contributed by atoms with E-state index in [2.05, 4.69) is 10.2 Å². The summed E-state index contributed by atoms with van der Waals surface area (Å²) in [5.74, 6) is 0.742. The molecule has 3 aromatic rings. The number of piperidine rings is 1. The van der Waals surface area contributed by atoms with Crippen molar-refractivity contribution in [2.45, 2.75) is 63.3 Å². The molecule has 3 aromatic carbocycles. The van der Waals surface area contributed by atoms with Gasteiger partial charge in [0.15, 0.2) is 0 Å². The second-order valence-electron chi connectivity index (χ2n) is 9.88. The highest BCUT2D eigenvalue weighted by Gasteiger charge is 2.30. The van der Waals surface area contributed by atoms with Crippen LogP contribution in [0.25, 0.3) is 10.8 Å². The van der Waals surface area contributed by atoms with E-state index in [0.717, 1.165) is 73.1 Å². The van der Waals surface area contributed by atoms with E-state index < -0.39 is 11.7 Å². The Bertz CT molecular complexity index is 1200. The van der Waals surface area contributed by atoms with E-state index in [1.54, 1.807) is 0 Å². The molecule has 2 aliphatic rings. The topological polar surface area (TPSA) is 41.6 Å². The van der Waals surface area contributed by atoms with Crippen LogP contribution in [0, 0.1) is 0 Å².